The van der Waals surface area contributed by atoms with Crippen LogP contribution in [0.1, 0.15) is 40.1 Å². The van der Waals surface area contributed by atoms with Crippen molar-refractivity contribution in [2.45, 2.75) is 20.4 Å². The van der Waals surface area contributed by atoms with Crippen molar-refractivity contribution >= 4 is 46.6 Å². The van der Waals surface area contributed by atoms with Crippen LogP contribution < -0.4 is 4.90 Å². The molecule has 0 aliphatic carbocycles. The van der Waals surface area contributed by atoms with Crippen LogP contribution in [0.5, 0.6) is 0 Å². The van der Waals surface area contributed by atoms with E-state index in [1.807, 2.05) is 0 Å². The zero-order chi connectivity index (χ0) is 20.2. The van der Waals surface area contributed by atoms with Crippen molar-refractivity contribution in [2.75, 3.05) is 11.5 Å². The highest BCUT2D eigenvalue weighted by Gasteiger charge is 2.41. The van der Waals surface area contributed by atoms with Gasteiger partial charge in [0.25, 0.3) is 17.7 Å². The number of anilines is 1. The van der Waals surface area contributed by atoms with Crippen LogP contribution in [0.2, 0.25) is 10.0 Å². The topological polar surface area (TPSA) is 66.9 Å². The van der Waals surface area contributed by atoms with Crippen LogP contribution in [0.15, 0.2) is 36.4 Å². The van der Waals surface area contributed by atoms with Gasteiger partial charge in [-0.2, -0.15) is 0 Å². The molecule has 28 heavy (non-hydrogen) atoms. The van der Waals surface area contributed by atoms with Crippen molar-refractivity contribution in [1.82, 2.24) is 5.06 Å². The minimum atomic E-state index is -0.601. The van der Waals surface area contributed by atoms with Gasteiger partial charge in [-0.05, 0) is 37.6 Å². The smallest absolute Gasteiger partial charge is 0.266 e. The molecule has 144 valence electrons. The molecule has 0 bridgehead atoms. The van der Waals surface area contributed by atoms with Gasteiger partial charge >= 0.3 is 0 Å². The van der Waals surface area contributed by atoms with E-state index in [9.17, 15) is 14.4 Å². The van der Waals surface area contributed by atoms with E-state index in [2.05, 4.69) is 0 Å². The van der Waals surface area contributed by atoms with Gasteiger partial charge < -0.3 is 0 Å². The second kappa shape index (κ2) is 6.58. The summed E-state index contributed by atoms with van der Waals surface area (Å²) in [6, 6.07) is 9.76. The predicted octanol–water partition coefficient (Wildman–Crippen LogP) is 4.09. The maximum atomic E-state index is 12.7. The SMILES string of the molecule is CC1(C)CON(Cc2ccc(N3C(=O)c4ccccc4C3=O)c(Cl)c2Cl)C1=O. The highest BCUT2D eigenvalue weighted by Crippen LogP contribution is 2.40. The number of fused-ring (bicyclic) bond motifs is 1. The van der Waals surface area contributed by atoms with Crippen molar-refractivity contribution in [3.63, 3.8) is 0 Å². The van der Waals surface area contributed by atoms with Crippen molar-refractivity contribution in [3.8, 4) is 0 Å². The lowest BCUT2D eigenvalue weighted by atomic mass is 9.95. The number of rotatable bonds is 3. The van der Waals surface area contributed by atoms with Gasteiger partial charge in [0.05, 0.1) is 45.4 Å². The molecule has 1 fully saturated rings. The fraction of sp³-hybridized carbons (Fsp3) is 0.250. The maximum Gasteiger partial charge on any atom is 0.266 e. The normalized spacial score (nSPS) is 18.2. The molecule has 0 saturated carbocycles. The summed E-state index contributed by atoms with van der Waals surface area (Å²) in [5, 5.41) is 1.48. The van der Waals surface area contributed by atoms with Gasteiger partial charge in [-0.3, -0.25) is 19.2 Å². The molecule has 2 aliphatic rings. The van der Waals surface area contributed by atoms with Gasteiger partial charge in [-0.15, -0.1) is 0 Å². The molecule has 8 heteroatoms. The Hall–Kier alpha value is -2.41. The Morgan fingerprint density at radius 1 is 0.964 bits per heavy atom. The molecule has 3 amide bonds. The summed E-state index contributed by atoms with van der Waals surface area (Å²) >= 11 is 12.8. The molecule has 0 unspecified atom stereocenters. The minimum Gasteiger partial charge on any atom is -0.272 e. The van der Waals surface area contributed by atoms with Gasteiger partial charge in [0.1, 0.15) is 0 Å². The highest BCUT2D eigenvalue weighted by atomic mass is 35.5. The second-order valence-electron chi connectivity index (χ2n) is 7.36. The summed E-state index contributed by atoms with van der Waals surface area (Å²) in [4.78, 5) is 44.2. The number of nitrogens with zero attached hydrogens (tertiary/aromatic N) is 2. The van der Waals surface area contributed by atoms with Crippen molar-refractivity contribution in [1.29, 1.82) is 0 Å². The second-order valence-corrected chi connectivity index (χ2v) is 8.12. The van der Waals surface area contributed by atoms with Gasteiger partial charge in [-0.25, -0.2) is 9.96 Å². The van der Waals surface area contributed by atoms with E-state index in [-0.39, 0.29) is 34.8 Å². The Balaban J connectivity index is 1.65. The molecule has 0 radical (unpaired) electrons. The molecule has 2 aliphatic heterocycles. The van der Waals surface area contributed by atoms with E-state index in [0.717, 1.165) is 4.90 Å². The number of carbonyl (C=O) groups is 3. The number of hydroxylamine groups is 2. The first-order valence-corrected chi connectivity index (χ1v) is 9.37. The first-order valence-electron chi connectivity index (χ1n) is 8.62. The van der Waals surface area contributed by atoms with E-state index in [1.54, 1.807) is 50.2 Å². The Bertz CT molecular complexity index is 1000. The Kier molecular flexibility index (Phi) is 4.45. The molecular formula is C20H16Cl2N2O4. The van der Waals surface area contributed by atoms with E-state index in [4.69, 9.17) is 28.0 Å². The zero-order valence-electron chi connectivity index (χ0n) is 15.2. The molecule has 2 heterocycles. The number of hydrogen-bond acceptors (Lipinski definition) is 4. The number of benzene rings is 2. The van der Waals surface area contributed by atoms with Crippen LogP contribution in [0.25, 0.3) is 0 Å². The fourth-order valence-corrected chi connectivity index (χ4v) is 3.74. The molecule has 1 saturated heterocycles. The highest BCUT2D eigenvalue weighted by molar-refractivity contribution is 6.46. The van der Waals surface area contributed by atoms with Gasteiger partial charge in [0, 0.05) is 0 Å². The summed E-state index contributed by atoms with van der Waals surface area (Å²) < 4.78 is 0. The summed E-state index contributed by atoms with van der Waals surface area (Å²) in [6.45, 7) is 4.00. The van der Waals surface area contributed by atoms with Crippen molar-refractivity contribution < 1.29 is 19.2 Å². The lowest BCUT2D eigenvalue weighted by molar-refractivity contribution is -0.165. The molecular weight excluding hydrogens is 403 g/mol. The molecule has 4 rings (SSSR count). The molecule has 2 aromatic carbocycles. The monoisotopic (exact) mass is 418 g/mol. The summed E-state index contributed by atoms with van der Waals surface area (Å²) in [6.07, 6.45) is 0. The summed E-state index contributed by atoms with van der Waals surface area (Å²) in [5.74, 6) is -1.05. The first kappa shape index (κ1) is 18.9. The Morgan fingerprint density at radius 2 is 1.57 bits per heavy atom. The van der Waals surface area contributed by atoms with Crippen molar-refractivity contribution in [3.05, 3.63) is 63.1 Å². The quantitative estimate of drug-likeness (QED) is 0.703. The zero-order valence-corrected chi connectivity index (χ0v) is 16.7. The maximum absolute atomic E-state index is 12.7. The summed E-state index contributed by atoms with van der Waals surface area (Å²) in [5.41, 5.74) is 0.800. The van der Waals surface area contributed by atoms with Crippen LogP contribution in [0.3, 0.4) is 0 Å². The van der Waals surface area contributed by atoms with Gasteiger partial charge in [-0.1, -0.05) is 41.4 Å². The van der Waals surface area contributed by atoms with E-state index >= 15 is 0 Å². The lowest BCUT2D eigenvalue weighted by Crippen LogP contribution is -2.31. The van der Waals surface area contributed by atoms with E-state index in [1.165, 1.54) is 5.06 Å². The molecule has 0 N–H and O–H groups in total. The Morgan fingerprint density at radius 3 is 2.11 bits per heavy atom. The first-order chi connectivity index (χ1) is 13.2. The Labute approximate surface area is 171 Å². The third-order valence-electron chi connectivity index (χ3n) is 4.88. The molecule has 0 aromatic heterocycles. The van der Waals surface area contributed by atoms with Crippen LogP contribution in [-0.2, 0) is 16.2 Å². The van der Waals surface area contributed by atoms with Gasteiger partial charge in [0.2, 0.25) is 0 Å². The standard InChI is InChI=1S/C20H16Cl2N2O4/c1-20(2)10-28-23(19(20)27)9-11-7-8-14(16(22)15(11)21)24-17(25)12-5-3-4-6-13(12)18(24)26/h3-8H,9-10H2,1-2H3. The third kappa shape index (κ3) is 2.80. The lowest BCUT2D eigenvalue weighted by Gasteiger charge is -2.20. The molecule has 2 aromatic rings. The van der Waals surface area contributed by atoms with E-state index < -0.39 is 17.2 Å². The minimum absolute atomic E-state index is 0.0691. The molecule has 0 atom stereocenters. The average molecular weight is 419 g/mol. The number of hydrogen-bond donors (Lipinski definition) is 0. The summed E-state index contributed by atoms with van der Waals surface area (Å²) in [7, 11) is 0. The number of imide groups is 1. The van der Waals surface area contributed by atoms with Gasteiger partial charge in [0.15, 0.2) is 0 Å². The molecule has 0 spiro atoms. The van der Waals surface area contributed by atoms with Crippen LogP contribution in [-0.4, -0.2) is 29.4 Å². The average Bonchev–Trinajstić information content (AvgIpc) is 3.07. The number of halogens is 2. The molecule has 6 nitrogen and oxygen atoms in total. The largest absolute Gasteiger partial charge is 0.272 e. The predicted molar refractivity (Wildman–Crippen MR) is 104 cm³/mol. The van der Waals surface area contributed by atoms with Crippen molar-refractivity contribution in [2.24, 2.45) is 5.41 Å². The number of amides is 3. The third-order valence-corrected chi connectivity index (χ3v) is 5.79. The fourth-order valence-electron chi connectivity index (χ4n) is 3.25. The number of carbonyl (C=O) groups excluding carboxylic acids is 3. The van der Waals surface area contributed by atoms with Crippen LogP contribution >= 0.6 is 23.2 Å². The van der Waals surface area contributed by atoms with E-state index in [0.29, 0.717) is 16.7 Å². The van der Waals surface area contributed by atoms with Crippen LogP contribution in [0, 0.1) is 5.41 Å². The van der Waals surface area contributed by atoms with Crippen LogP contribution in [0.4, 0.5) is 5.69 Å².